The molecule has 1 aliphatic rings. The topological polar surface area (TPSA) is 59.2 Å². The molecule has 5 heteroatoms. The second kappa shape index (κ2) is 5.95. The molecular weight excluding hydrogens is 282 g/mol. The summed E-state index contributed by atoms with van der Waals surface area (Å²) in [7, 11) is 0. The summed E-state index contributed by atoms with van der Waals surface area (Å²) in [6, 6.07) is 6.29. The third-order valence-corrected chi connectivity index (χ3v) is 4.64. The van der Waals surface area contributed by atoms with E-state index in [-0.39, 0.29) is 5.91 Å². The molecule has 110 valence electrons. The van der Waals surface area contributed by atoms with Gasteiger partial charge in [0.25, 0.3) is 5.91 Å². The van der Waals surface area contributed by atoms with Crippen LogP contribution in [0.1, 0.15) is 33.0 Å². The third kappa shape index (κ3) is 2.84. The lowest BCUT2D eigenvalue weighted by Gasteiger charge is -2.29. The number of fused-ring (bicyclic) bond motifs is 1. The minimum Gasteiger partial charge on any atom is -0.330 e. The van der Waals surface area contributed by atoms with Crippen LogP contribution in [0.2, 0.25) is 0 Å². The van der Waals surface area contributed by atoms with E-state index in [1.165, 1.54) is 22.5 Å². The summed E-state index contributed by atoms with van der Waals surface area (Å²) >= 11 is 1.51. The van der Waals surface area contributed by atoms with Crippen molar-refractivity contribution < 1.29 is 4.79 Å². The maximum absolute atomic E-state index is 12.7. The van der Waals surface area contributed by atoms with Gasteiger partial charge in [0.15, 0.2) is 0 Å². The van der Waals surface area contributed by atoms with Crippen LogP contribution in [-0.2, 0) is 12.8 Å². The minimum atomic E-state index is -0.000625. The van der Waals surface area contributed by atoms with Crippen LogP contribution in [0.25, 0.3) is 0 Å². The molecule has 0 saturated heterocycles. The van der Waals surface area contributed by atoms with Crippen LogP contribution in [0.4, 0.5) is 5.69 Å². The number of nitrogens with two attached hydrogens (primary N) is 1. The monoisotopic (exact) mass is 301 g/mol. The van der Waals surface area contributed by atoms with Gasteiger partial charge in [0, 0.05) is 24.0 Å². The number of carbonyl (C=O) groups excluding carboxylic acids is 1. The van der Waals surface area contributed by atoms with Crippen LogP contribution in [0.5, 0.6) is 0 Å². The summed E-state index contributed by atoms with van der Waals surface area (Å²) in [6.45, 7) is 3.41. The fourth-order valence-corrected chi connectivity index (χ4v) is 3.51. The van der Waals surface area contributed by atoms with E-state index in [1.807, 2.05) is 10.3 Å². The number of amides is 1. The van der Waals surface area contributed by atoms with Gasteiger partial charge < -0.3 is 10.6 Å². The molecule has 4 nitrogen and oxygen atoms in total. The number of aryl methyl sites for hydroxylation is 2. The van der Waals surface area contributed by atoms with Crippen LogP contribution >= 0.6 is 11.3 Å². The summed E-state index contributed by atoms with van der Waals surface area (Å²) in [5.41, 5.74) is 9.60. The molecule has 0 unspecified atom stereocenters. The highest BCUT2D eigenvalue weighted by molar-refractivity contribution is 7.09. The second-order valence-corrected chi connectivity index (χ2v) is 6.30. The zero-order valence-corrected chi connectivity index (χ0v) is 12.9. The number of aromatic nitrogens is 1. The van der Waals surface area contributed by atoms with Crippen molar-refractivity contribution in [2.45, 2.75) is 26.2 Å². The number of hydrogen-bond acceptors (Lipinski definition) is 4. The fourth-order valence-electron chi connectivity index (χ4n) is 2.72. The highest BCUT2D eigenvalue weighted by Gasteiger charge is 2.25. The van der Waals surface area contributed by atoms with E-state index < -0.39 is 0 Å². The first kappa shape index (κ1) is 14.2. The van der Waals surface area contributed by atoms with Crippen molar-refractivity contribution in [2.75, 3.05) is 18.0 Å². The van der Waals surface area contributed by atoms with Crippen LogP contribution in [0.3, 0.4) is 0 Å². The molecule has 1 aromatic carbocycles. The molecule has 0 spiro atoms. The summed E-state index contributed by atoms with van der Waals surface area (Å²) in [4.78, 5) is 19.0. The molecule has 2 aromatic rings. The number of carbonyl (C=O) groups is 1. The van der Waals surface area contributed by atoms with Gasteiger partial charge in [0.05, 0.1) is 5.01 Å². The molecule has 0 bridgehead atoms. The standard InChI is InChI=1S/C16H19N3OS/c1-11-4-5-14-12(9-11)3-2-8-19(14)16(20)13-10-21-15(18-13)6-7-17/h4-5,9-10H,2-3,6-8,17H2,1H3. The Hall–Kier alpha value is -1.72. The van der Waals surface area contributed by atoms with E-state index in [2.05, 4.69) is 30.1 Å². The highest BCUT2D eigenvalue weighted by atomic mass is 32.1. The molecule has 0 atom stereocenters. The van der Waals surface area contributed by atoms with Crippen molar-refractivity contribution >= 4 is 22.9 Å². The molecule has 0 saturated carbocycles. The van der Waals surface area contributed by atoms with Gasteiger partial charge in [0.2, 0.25) is 0 Å². The predicted molar refractivity (Wildman–Crippen MR) is 86.0 cm³/mol. The predicted octanol–water partition coefficient (Wildman–Crippen LogP) is 2.55. The quantitative estimate of drug-likeness (QED) is 0.948. The Labute approximate surface area is 128 Å². The van der Waals surface area contributed by atoms with Gasteiger partial charge >= 0.3 is 0 Å². The Kier molecular flexibility index (Phi) is 4.03. The molecule has 1 aromatic heterocycles. The SMILES string of the molecule is Cc1ccc2c(c1)CCCN2C(=O)c1csc(CCN)n1. The molecule has 3 rings (SSSR count). The minimum absolute atomic E-state index is 0.000625. The summed E-state index contributed by atoms with van der Waals surface area (Å²) in [5.74, 6) is -0.000625. The van der Waals surface area contributed by atoms with Crippen molar-refractivity contribution in [3.63, 3.8) is 0 Å². The van der Waals surface area contributed by atoms with Crippen molar-refractivity contribution in [1.29, 1.82) is 0 Å². The van der Waals surface area contributed by atoms with Gasteiger partial charge in [-0.15, -0.1) is 11.3 Å². The largest absolute Gasteiger partial charge is 0.330 e. The summed E-state index contributed by atoms with van der Waals surface area (Å²) < 4.78 is 0. The van der Waals surface area contributed by atoms with E-state index in [4.69, 9.17) is 5.73 Å². The van der Waals surface area contributed by atoms with Crippen molar-refractivity contribution in [1.82, 2.24) is 4.98 Å². The molecule has 0 fully saturated rings. The van der Waals surface area contributed by atoms with Crippen molar-refractivity contribution in [2.24, 2.45) is 5.73 Å². The fraction of sp³-hybridized carbons (Fsp3) is 0.375. The maximum atomic E-state index is 12.7. The highest BCUT2D eigenvalue weighted by Crippen LogP contribution is 2.29. The average Bonchev–Trinajstić information content (AvgIpc) is 2.94. The van der Waals surface area contributed by atoms with Gasteiger partial charge in [-0.05, 0) is 37.9 Å². The summed E-state index contributed by atoms with van der Waals surface area (Å²) in [6.07, 6.45) is 2.77. The van der Waals surface area contributed by atoms with Gasteiger partial charge in [-0.3, -0.25) is 4.79 Å². The number of nitrogens with zero attached hydrogens (tertiary/aromatic N) is 2. The van der Waals surface area contributed by atoms with E-state index in [0.29, 0.717) is 12.2 Å². The molecule has 0 radical (unpaired) electrons. The molecular formula is C16H19N3OS. The Balaban J connectivity index is 1.88. The lowest BCUT2D eigenvalue weighted by atomic mass is 9.99. The number of hydrogen-bond donors (Lipinski definition) is 1. The van der Waals surface area contributed by atoms with E-state index in [1.54, 1.807) is 0 Å². The Morgan fingerprint density at radius 1 is 1.48 bits per heavy atom. The van der Waals surface area contributed by atoms with Crippen LogP contribution in [0.15, 0.2) is 23.6 Å². The molecule has 0 aliphatic carbocycles. The Bertz CT molecular complexity index is 665. The number of anilines is 1. The molecule has 2 heterocycles. The Morgan fingerprint density at radius 2 is 2.33 bits per heavy atom. The zero-order valence-electron chi connectivity index (χ0n) is 12.1. The number of rotatable bonds is 3. The number of benzene rings is 1. The van der Waals surface area contributed by atoms with Crippen molar-refractivity contribution in [3.05, 3.63) is 45.4 Å². The van der Waals surface area contributed by atoms with E-state index >= 15 is 0 Å². The molecule has 1 amide bonds. The first-order chi connectivity index (χ1) is 10.2. The van der Waals surface area contributed by atoms with Crippen LogP contribution in [0, 0.1) is 6.92 Å². The van der Waals surface area contributed by atoms with Crippen LogP contribution in [-0.4, -0.2) is 24.0 Å². The average molecular weight is 301 g/mol. The lowest BCUT2D eigenvalue weighted by molar-refractivity contribution is 0.0981. The van der Waals surface area contributed by atoms with E-state index in [9.17, 15) is 4.79 Å². The van der Waals surface area contributed by atoms with Crippen LogP contribution < -0.4 is 10.6 Å². The Morgan fingerprint density at radius 3 is 3.14 bits per heavy atom. The van der Waals surface area contributed by atoms with E-state index in [0.717, 1.165) is 36.5 Å². The van der Waals surface area contributed by atoms with Gasteiger partial charge in [0.1, 0.15) is 5.69 Å². The smallest absolute Gasteiger partial charge is 0.277 e. The normalized spacial score (nSPS) is 14.1. The second-order valence-electron chi connectivity index (χ2n) is 5.36. The summed E-state index contributed by atoms with van der Waals surface area (Å²) in [5, 5.41) is 2.78. The van der Waals surface area contributed by atoms with Gasteiger partial charge in [-0.1, -0.05) is 17.7 Å². The zero-order chi connectivity index (χ0) is 14.8. The maximum Gasteiger partial charge on any atom is 0.277 e. The first-order valence-electron chi connectivity index (χ1n) is 7.25. The third-order valence-electron chi connectivity index (χ3n) is 3.73. The van der Waals surface area contributed by atoms with Crippen molar-refractivity contribution in [3.8, 4) is 0 Å². The molecule has 2 N–H and O–H groups in total. The molecule has 1 aliphatic heterocycles. The molecule has 21 heavy (non-hydrogen) atoms. The first-order valence-corrected chi connectivity index (χ1v) is 8.13. The lowest BCUT2D eigenvalue weighted by Crippen LogP contribution is -2.35. The van der Waals surface area contributed by atoms with Gasteiger partial charge in [-0.25, -0.2) is 4.98 Å². The number of thiazole rings is 1. The van der Waals surface area contributed by atoms with Gasteiger partial charge in [-0.2, -0.15) is 0 Å².